The average Bonchev–Trinajstić information content (AvgIpc) is 3.43. The number of hydrogen-bond donors (Lipinski definition) is 0. The molecule has 0 bridgehead atoms. The molecule has 6 rings (SSSR count). The Labute approximate surface area is 245 Å². The summed E-state index contributed by atoms with van der Waals surface area (Å²) < 4.78 is 31.8. The van der Waals surface area contributed by atoms with Crippen molar-refractivity contribution >= 4 is 28.1 Å². The fourth-order valence-corrected chi connectivity index (χ4v) is 5.54. The molecular formula is C32H29BrN2O6. The standard InChI is InChI=1S/C32H29BrN2O6/c1-17(2)40-26-13-21(27(33)18(3)29(26)37-5)11-23-32(36)35(15-20-9-7-6-8-10-20)24-12-22-14-25-30(39-16-38-25)19(4)28(22)41-31(24)34-23/h6-14,17H,15-16H2,1-5H3/b23-11-. The van der Waals surface area contributed by atoms with Crippen LogP contribution in [0.15, 0.2) is 51.7 Å². The lowest BCUT2D eigenvalue weighted by molar-refractivity contribution is 0.173. The molecule has 0 atom stereocenters. The van der Waals surface area contributed by atoms with E-state index in [9.17, 15) is 4.79 Å². The van der Waals surface area contributed by atoms with Gasteiger partial charge in [-0.05, 0) is 79.0 Å². The van der Waals surface area contributed by atoms with Crippen LogP contribution in [0.25, 0.3) is 12.2 Å². The maximum Gasteiger partial charge on any atom is 0.277 e. The Morgan fingerprint density at radius 3 is 2.61 bits per heavy atom. The van der Waals surface area contributed by atoms with E-state index in [-0.39, 0.29) is 23.8 Å². The molecule has 0 aliphatic carbocycles. The van der Waals surface area contributed by atoms with Gasteiger partial charge in [-0.2, -0.15) is 0 Å². The Bertz CT molecular complexity index is 1860. The van der Waals surface area contributed by atoms with Crippen LogP contribution < -0.4 is 39.9 Å². The molecule has 210 valence electrons. The number of aromatic nitrogens is 2. The zero-order chi connectivity index (χ0) is 28.8. The monoisotopic (exact) mass is 616 g/mol. The summed E-state index contributed by atoms with van der Waals surface area (Å²) >= 11 is 3.69. The molecule has 1 aromatic heterocycles. The molecule has 0 saturated carbocycles. The highest BCUT2D eigenvalue weighted by Crippen LogP contribution is 2.45. The van der Waals surface area contributed by atoms with Gasteiger partial charge in [0.05, 0.1) is 19.8 Å². The number of fused-ring (bicyclic) bond motifs is 3. The first-order chi connectivity index (χ1) is 19.7. The van der Waals surface area contributed by atoms with E-state index in [0.29, 0.717) is 46.5 Å². The van der Waals surface area contributed by atoms with Crippen molar-refractivity contribution in [3.63, 3.8) is 0 Å². The van der Waals surface area contributed by atoms with E-state index in [1.54, 1.807) is 17.8 Å². The van der Waals surface area contributed by atoms with E-state index in [4.69, 9.17) is 28.7 Å². The summed E-state index contributed by atoms with van der Waals surface area (Å²) in [6.07, 6.45) is 3.61. The third-order valence-electron chi connectivity index (χ3n) is 7.03. The van der Waals surface area contributed by atoms with Gasteiger partial charge in [-0.1, -0.05) is 30.3 Å². The summed E-state index contributed by atoms with van der Waals surface area (Å²) in [5.41, 5.74) is 3.92. The summed E-state index contributed by atoms with van der Waals surface area (Å²) in [4.78, 5) is 18.8. The fourth-order valence-electron chi connectivity index (χ4n) is 5.13. The topological polar surface area (TPSA) is 81.0 Å². The van der Waals surface area contributed by atoms with Crippen molar-refractivity contribution in [1.29, 1.82) is 0 Å². The van der Waals surface area contributed by atoms with Crippen LogP contribution >= 0.6 is 15.9 Å². The maximum atomic E-state index is 14.1. The van der Waals surface area contributed by atoms with Crippen LogP contribution in [-0.4, -0.2) is 29.6 Å². The van der Waals surface area contributed by atoms with E-state index in [1.165, 1.54) is 0 Å². The molecule has 3 heterocycles. The minimum Gasteiger partial charge on any atom is -0.493 e. The first kappa shape index (κ1) is 27.0. The molecule has 0 N–H and O–H groups in total. The number of hydrogen-bond acceptors (Lipinski definition) is 7. The maximum absolute atomic E-state index is 14.1. The molecule has 4 aromatic rings. The second-order valence-corrected chi connectivity index (χ2v) is 11.0. The van der Waals surface area contributed by atoms with Gasteiger partial charge >= 0.3 is 0 Å². The zero-order valence-corrected chi connectivity index (χ0v) is 25.0. The van der Waals surface area contributed by atoms with Crippen molar-refractivity contribution in [2.24, 2.45) is 0 Å². The van der Waals surface area contributed by atoms with Crippen molar-refractivity contribution < 1.29 is 23.7 Å². The van der Waals surface area contributed by atoms with Crippen LogP contribution in [0.3, 0.4) is 0 Å². The van der Waals surface area contributed by atoms with E-state index >= 15 is 0 Å². The van der Waals surface area contributed by atoms with Crippen molar-refractivity contribution in [3.05, 3.63) is 95.8 Å². The summed E-state index contributed by atoms with van der Waals surface area (Å²) in [5, 5.41) is 0.811. The predicted octanol–water partition coefficient (Wildman–Crippen LogP) is 4.96. The first-order valence-electron chi connectivity index (χ1n) is 13.3. The van der Waals surface area contributed by atoms with Crippen LogP contribution in [0.4, 0.5) is 0 Å². The highest BCUT2D eigenvalue weighted by atomic mass is 79.9. The van der Waals surface area contributed by atoms with Crippen LogP contribution in [0.5, 0.6) is 34.6 Å². The number of ether oxygens (including phenoxy) is 5. The number of rotatable bonds is 6. The molecule has 9 heteroatoms. The summed E-state index contributed by atoms with van der Waals surface area (Å²) in [6.45, 7) is 8.26. The number of methoxy groups -OCH3 is 1. The van der Waals surface area contributed by atoms with Gasteiger partial charge in [0.2, 0.25) is 12.7 Å². The molecule has 0 amide bonds. The summed E-state index contributed by atoms with van der Waals surface area (Å²) in [7, 11) is 1.61. The van der Waals surface area contributed by atoms with E-state index in [1.807, 2.05) is 76.2 Å². The van der Waals surface area contributed by atoms with Crippen molar-refractivity contribution in [3.8, 4) is 34.6 Å². The van der Waals surface area contributed by atoms with Gasteiger partial charge in [-0.15, -0.1) is 0 Å². The van der Waals surface area contributed by atoms with Gasteiger partial charge < -0.3 is 23.7 Å². The molecule has 0 fully saturated rings. The van der Waals surface area contributed by atoms with Gasteiger partial charge in [0.1, 0.15) is 16.4 Å². The molecule has 2 aliphatic rings. The van der Waals surface area contributed by atoms with Crippen LogP contribution in [0.1, 0.15) is 41.7 Å². The molecule has 0 saturated heterocycles. The van der Waals surface area contributed by atoms with Crippen LogP contribution in [-0.2, 0) is 6.54 Å². The van der Waals surface area contributed by atoms with Crippen molar-refractivity contribution in [2.75, 3.05) is 13.9 Å². The third-order valence-corrected chi connectivity index (χ3v) is 8.09. The smallest absolute Gasteiger partial charge is 0.277 e. The van der Waals surface area contributed by atoms with E-state index in [2.05, 4.69) is 15.9 Å². The Hall–Kier alpha value is -4.24. The molecule has 41 heavy (non-hydrogen) atoms. The SMILES string of the molecule is COc1c(OC(C)C)cc(/C=c2\nc3c(n(Cc4ccccc4)c2=O)=Cc2cc4c(c(C)c2O3)OCO4)c(Br)c1C. The number of halogens is 1. The largest absolute Gasteiger partial charge is 0.493 e. The second kappa shape index (κ2) is 10.6. The van der Waals surface area contributed by atoms with Gasteiger partial charge in [-0.25, -0.2) is 4.98 Å². The number of benzene rings is 3. The molecule has 0 unspecified atom stereocenters. The molecule has 8 nitrogen and oxygen atoms in total. The third kappa shape index (κ3) is 4.84. The van der Waals surface area contributed by atoms with Crippen LogP contribution in [0.2, 0.25) is 0 Å². The zero-order valence-electron chi connectivity index (χ0n) is 23.4. The summed E-state index contributed by atoms with van der Waals surface area (Å²) in [6, 6.07) is 13.6. The van der Waals surface area contributed by atoms with Crippen molar-refractivity contribution in [2.45, 2.75) is 40.3 Å². The Balaban J connectivity index is 1.60. The normalized spacial score (nSPS) is 13.4. The molecule has 0 spiro atoms. The van der Waals surface area contributed by atoms with E-state index < -0.39 is 0 Å². The highest BCUT2D eigenvalue weighted by Gasteiger charge is 2.26. The highest BCUT2D eigenvalue weighted by molar-refractivity contribution is 9.10. The molecular weight excluding hydrogens is 588 g/mol. The van der Waals surface area contributed by atoms with Gasteiger partial charge in [0.25, 0.3) is 5.56 Å². The predicted molar refractivity (Wildman–Crippen MR) is 159 cm³/mol. The second-order valence-electron chi connectivity index (χ2n) is 10.2. The average molecular weight is 617 g/mol. The van der Waals surface area contributed by atoms with Gasteiger partial charge in [0.15, 0.2) is 23.0 Å². The lowest BCUT2D eigenvalue weighted by atomic mass is 10.1. The molecule has 3 aromatic carbocycles. The van der Waals surface area contributed by atoms with Gasteiger partial charge in [0, 0.05) is 21.2 Å². The molecule has 2 aliphatic heterocycles. The lowest BCUT2D eigenvalue weighted by Gasteiger charge is -2.20. The summed E-state index contributed by atoms with van der Waals surface area (Å²) in [5.74, 6) is 3.48. The fraction of sp³-hybridized carbons (Fsp3) is 0.250. The Morgan fingerprint density at radius 1 is 1.10 bits per heavy atom. The molecule has 0 radical (unpaired) electrons. The quantitative estimate of drug-likeness (QED) is 0.267. The van der Waals surface area contributed by atoms with Crippen LogP contribution in [0, 0.1) is 13.8 Å². The Kier molecular flexibility index (Phi) is 6.99. The first-order valence-corrected chi connectivity index (χ1v) is 14.1. The minimum atomic E-state index is -0.250. The minimum absolute atomic E-state index is 0.0645. The van der Waals surface area contributed by atoms with E-state index in [0.717, 1.165) is 32.3 Å². The van der Waals surface area contributed by atoms with Gasteiger partial charge in [-0.3, -0.25) is 9.36 Å². The number of nitrogens with zero attached hydrogens (tertiary/aromatic N) is 2. The van der Waals surface area contributed by atoms with Crippen molar-refractivity contribution in [1.82, 2.24) is 9.55 Å². The lowest BCUT2D eigenvalue weighted by Crippen LogP contribution is -2.46. The Morgan fingerprint density at radius 2 is 1.88 bits per heavy atom.